The maximum atomic E-state index is 12.6. The topological polar surface area (TPSA) is 129 Å². The van der Waals surface area contributed by atoms with E-state index in [9.17, 15) is 9.59 Å². The van der Waals surface area contributed by atoms with Gasteiger partial charge in [-0.15, -0.1) is 11.3 Å². The number of amides is 1. The Morgan fingerprint density at radius 2 is 1.88 bits per heavy atom. The molecule has 1 amide bonds. The molecule has 1 fully saturated rings. The van der Waals surface area contributed by atoms with Crippen LogP contribution in [0.1, 0.15) is 42.3 Å². The number of H-pyrrole nitrogens is 2. The van der Waals surface area contributed by atoms with Crippen molar-refractivity contribution in [1.82, 2.24) is 30.1 Å². The number of para-hydroxylation sites is 1. The van der Waals surface area contributed by atoms with Gasteiger partial charge in [-0.05, 0) is 50.1 Å². The number of Topliss-reactive ketones (excluding diaryl/α,β-unsaturated/α-hetero) is 1. The van der Waals surface area contributed by atoms with E-state index in [0.29, 0.717) is 22.9 Å². The van der Waals surface area contributed by atoms with Gasteiger partial charge in [0.15, 0.2) is 17.3 Å². The third-order valence-corrected chi connectivity index (χ3v) is 8.66. The zero-order valence-electron chi connectivity index (χ0n) is 21.7. The Hall–Kier alpha value is -4.70. The third kappa shape index (κ3) is 4.36. The van der Waals surface area contributed by atoms with E-state index in [1.807, 2.05) is 42.5 Å². The molecule has 5 aromatic heterocycles. The summed E-state index contributed by atoms with van der Waals surface area (Å²) < 4.78 is 0. The first-order valence-electron chi connectivity index (χ1n) is 13.2. The minimum absolute atomic E-state index is 0.0503. The van der Waals surface area contributed by atoms with E-state index in [4.69, 9.17) is 4.98 Å². The highest BCUT2D eigenvalue weighted by Crippen LogP contribution is 2.35. The number of nitrogens with zero attached hydrogens (tertiary/aromatic N) is 4. The second-order valence-corrected chi connectivity index (χ2v) is 11.2. The molecule has 0 bridgehead atoms. The molecule has 0 saturated heterocycles. The summed E-state index contributed by atoms with van der Waals surface area (Å²) in [5.74, 6) is 0.808. The van der Waals surface area contributed by atoms with Crippen LogP contribution in [0.3, 0.4) is 0 Å². The number of anilines is 1. The number of thiophene rings is 1. The third-order valence-electron chi connectivity index (χ3n) is 7.44. The van der Waals surface area contributed by atoms with Gasteiger partial charge in [0.25, 0.3) is 0 Å². The summed E-state index contributed by atoms with van der Waals surface area (Å²) in [7, 11) is 0. The van der Waals surface area contributed by atoms with Crippen molar-refractivity contribution in [3.05, 3.63) is 65.9 Å². The maximum Gasteiger partial charge on any atom is 0.227 e. The van der Waals surface area contributed by atoms with Crippen molar-refractivity contribution in [2.24, 2.45) is 5.92 Å². The summed E-state index contributed by atoms with van der Waals surface area (Å²) in [4.78, 5) is 43.5. The quantitative estimate of drug-likeness (QED) is 0.201. The Kier molecular flexibility index (Phi) is 5.96. The first-order valence-corrected chi connectivity index (χ1v) is 14.1. The zero-order valence-corrected chi connectivity index (χ0v) is 22.5. The number of fused-ring (bicyclic) bond motifs is 2. The van der Waals surface area contributed by atoms with Gasteiger partial charge < -0.3 is 10.3 Å². The summed E-state index contributed by atoms with van der Waals surface area (Å²) in [6.45, 7) is 1.58. The van der Waals surface area contributed by atoms with Gasteiger partial charge in [0.05, 0.1) is 33.2 Å². The lowest BCUT2D eigenvalue weighted by atomic mass is 10.1. The van der Waals surface area contributed by atoms with Gasteiger partial charge in [0.1, 0.15) is 5.69 Å². The number of carbonyl (C=O) groups excluding carboxylic acids is 2. The molecule has 198 valence electrons. The van der Waals surface area contributed by atoms with E-state index >= 15 is 0 Å². The average Bonchev–Trinajstić information content (AvgIpc) is 3.78. The molecule has 0 unspecified atom stereocenters. The van der Waals surface area contributed by atoms with E-state index in [1.54, 1.807) is 25.5 Å². The van der Waals surface area contributed by atoms with Crippen molar-refractivity contribution in [3.63, 3.8) is 0 Å². The van der Waals surface area contributed by atoms with Gasteiger partial charge >= 0.3 is 0 Å². The summed E-state index contributed by atoms with van der Waals surface area (Å²) in [6.07, 6.45) is 9.30. The number of aromatic nitrogens is 6. The lowest BCUT2D eigenvalue weighted by Gasteiger charge is -2.11. The highest BCUT2D eigenvalue weighted by atomic mass is 32.1. The van der Waals surface area contributed by atoms with Crippen molar-refractivity contribution >= 4 is 50.8 Å². The lowest BCUT2D eigenvalue weighted by Crippen LogP contribution is -2.20. The van der Waals surface area contributed by atoms with Gasteiger partial charge in [0.2, 0.25) is 5.91 Å². The molecule has 10 heteroatoms. The number of imidazole rings is 1. The predicted octanol–water partition coefficient (Wildman–Crippen LogP) is 6.62. The molecule has 0 atom stereocenters. The average molecular weight is 548 g/mol. The number of hydrogen-bond donors (Lipinski definition) is 3. The van der Waals surface area contributed by atoms with Crippen molar-refractivity contribution in [2.75, 3.05) is 5.32 Å². The monoisotopic (exact) mass is 547 g/mol. The van der Waals surface area contributed by atoms with Gasteiger partial charge in [-0.3, -0.25) is 19.7 Å². The SMILES string of the molecule is CC(=O)c1ccc(-c2cccc3[nH]c(-c4n[nH]c5ncc(-c6cncc(NC(=O)C7CCCC7)c6)cc45)nc23)s1. The van der Waals surface area contributed by atoms with Crippen molar-refractivity contribution in [2.45, 2.75) is 32.6 Å². The van der Waals surface area contributed by atoms with Crippen LogP contribution in [0.4, 0.5) is 5.69 Å². The molecule has 9 nitrogen and oxygen atoms in total. The standard InChI is InChI=1S/C30H25N7O2S/c1-16(38)24-9-10-25(40-24)21-7-4-8-23-26(21)35-29(34-23)27-22-12-19(14-32-28(22)37-36-27)18-11-20(15-31-13-18)33-30(39)17-5-2-3-6-17/h4,7-15,17H,2-3,5-6H2,1H3,(H,33,39)(H,34,35)(H,32,36,37). The summed E-state index contributed by atoms with van der Waals surface area (Å²) in [5, 5.41) is 11.4. The van der Waals surface area contributed by atoms with Crippen LogP contribution in [-0.2, 0) is 4.79 Å². The number of rotatable bonds is 6. The number of ketones is 1. The number of pyridine rings is 2. The second-order valence-electron chi connectivity index (χ2n) is 10.1. The fourth-order valence-corrected chi connectivity index (χ4v) is 6.28. The minimum Gasteiger partial charge on any atom is -0.337 e. The number of benzene rings is 1. The first-order chi connectivity index (χ1) is 19.5. The molecular weight excluding hydrogens is 522 g/mol. The molecule has 40 heavy (non-hydrogen) atoms. The van der Waals surface area contributed by atoms with Crippen molar-refractivity contribution in [1.29, 1.82) is 0 Å². The van der Waals surface area contributed by atoms with Crippen LogP contribution in [0.2, 0.25) is 0 Å². The van der Waals surface area contributed by atoms with Crippen LogP contribution in [-0.4, -0.2) is 41.8 Å². The van der Waals surface area contributed by atoms with Crippen molar-refractivity contribution < 1.29 is 9.59 Å². The van der Waals surface area contributed by atoms with Gasteiger partial charge in [-0.25, -0.2) is 9.97 Å². The zero-order chi connectivity index (χ0) is 27.2. The Morgan fingerprint density at radius 1 is 1.02 bits per heavy atom. The highest BCUT2D eigenvalue weighted by Gasteiger charge is 2.23. The molecule has 0 radical (unpaired) electrons. The number of nitrogens with one attached hydrogen (secondary N) is 3. The van der Waals surface area contributed by atoms with Crippen LogP contribution in [0.15, 0.2) is 61.1 Å². The number of carbonyl (C=O) groups is 2. The van der Waals surface area contributed by atoms with E-state index in [-0.39, 0.29) is 17.6 Å². The van der Waals surface area contributed by atoms with Crippen LogP contribution >= 0.6 is 11.3 Å². The molecule has 5 heterocycles. The summed E-state index contributed by atoms with van der Waals surface area (Å²) in [6, 6.07) is 13.7. The second kappa shape index (κ2) is 9.80. The summed E-state index contributed by atoms with van der Waals surface area (Å²) in [5.41, 5.74) is 6.31. The van der Waals surface area contributed by atoms with Crippen LogP contribution in [0.5, 0.6) is 0 Å². The van der Waals surface area contributed by atoms with Crippen LogP contribution in [0, 0.1) is 5.92 Å². The van der Waals surface area contributed by atoms with Crippen LogP contribution in [0.25, 0.3) is 55.2 Å². The molecule has 1 aliphatic carbocycles. The molecular formula is C30H25N7O2S. The van der Waals surface area contributed by atoms with Gasteiger partial charge in [-0.1, -0.05) is 25.0 Å². The lowest BCUT2D eigenvalue weighted by molar-refractivity contribution is -0.119. The summed E-state index contributed by atoms with van der Waals surface area (Å²) >= 11 is 1.46. The molecule has 0 spiro atoms. The fourth-order valence-electron chi connectivity index (χ4n) is 5.36. The van der Waals surface area contributed by atoms with E-state index in [1.165, 1.54) is 11.3 Å². The molecule has 7 rings (SSSR count). The Morgan fingerprint density at radius 3 is 2.70 bits per heavy atom. The fraction of sp³-hybridized carbons (Fsp3) is 0.200. The molecule has 1 saturated carbocycles. The molecule has 1 aromatic carbocycles. The minimum atomic E-state index is 0.0503. The van der Waals surface area contributed by atoms with E-state index < -0.39 is 0 Å². The number of hydrogen-bond acceptors (Lipinski definition) is 7. The molecule has 0 aliphatic heterocycles. The molecule has 6 aromatic rings. The Balaban J connectivity index is 1.24. The Labute approximate surface area is 233 Å². The maximum absolute atomic E-state index is 12.6. The molecule has 3 N–H and O–H groups in total. The van der Waals surface area contributed by atoms with Gasteiger partial charge in [0, 0.05) is 39.9 Å². The number of aromatic amines is 2. The highest BCUT2D eigenvalue weighted by molar-refractivity contribution is 7.17. The van der Waals surface area contributed by atoms with Crippen molar-refractivity contribution in [3.8, 4) is 33.1 Å². The Bertz CT molecular complexity index is 1910. The first kappa shape index (κ1) is 24.3. The smallest absolute Gasteiger partial charge is 0.227 e. The van der Waals surface area contributed by atoms with E-state index in [0.717, 1.165) is 68.5 Å². The van der Waals surface area contributed by atoms with Gasteiger partial charge in [-0.2, -0.15) is 5.10 Å². The van der Waals surface area contributed by atoms with E-state index in [2.05, 4.69) is 30.5 Å². The van der Waals surface area contributed by atoms with Crippen LogP contribution < -0.4 is 5.32 Å². The largest absolute Gasteiger partial charge is 0.337 e. The normalized spacial score (nSPS) is 13.8. The molecule has 1 aliphatic rings. The predicted molar refractivity (Wildman–Crippen MR) is 156 cm³/mol.